The van der Waals surface area contributed by atoms with Crippen molar-refractivity contribution >= 4 is 5.78 Å². The van der Waals surface area contributed by atoms with Crippen molar-refractivity contribution in [1.82, 2.24) is 0 Å². The Bertz CT molecular complexity index is 231. The van der Waals surface area contributed by atoms with E-state index in [9.17, 15) is 4.79 Å². The van der Waals surface area contributed by atoms with Gasteiger partial charge in [-0.15, -0.1) is 0 Å². The molecule has 0 aromatic rings. The first-order valence-corrected chi connectivity index (χ1v) is 6.94. The Kier molecular flexibility index (Phi) is 4.39. The Morgan fingerprint density at radius 3 is 2.81 bits per heavy atom. The lowest BCUT2D eigenvalue weighted by molar-refractivity contribution is -0.123. The van der Waals surface area contributed by atoms with Crippen molar-refractivity contribution < 1.29 is 9.53 Å². The number of Topliss-reactive ketones (excluding diaryl/α,β-unsaturated/α-hetero) is 1. The maximum Gasteiger partial charge on any atom is 0.136 e. The molecule has 1 aliphatic heterocycles. The van der Waals surface area contributed by atoms with Crippen LogP contribution in [0.5, 0.6) is 0 Å². The molecule has 1 heterocycles. The van der Waals surface area contributed by atoms with Crippen LogP contribution in [0.3, 0.4) is 0 Å². The number of carbonyl (C=O) groups is 1. The average Bonchev–Trinajstić information content (AvgIpc) is 2.96. The molecule has 2 rings (SSSR count). The van der Waals surface area contributed by atoms with Crippen LogP contribution >= 0.6 is 0 Å². The van der Waals surface area contributed by atoms with E-state index in [4.69, 9.17) is 4.74 Å². The predicted molar refractivity (Wildman–Crippen MR) is 64.3 cm³/mol. The van der Waals surface area contributed by atoms with Gasteiger partial charge in [0.2, 0.25) is 0 Å². The first kappa shape index (κ1) is 12.1. The van der Waals surface area contributed by atoms with Gasteiger partial charge in [-0.25, -0.2) is 0 Å². The lowest BCUT2D eigenvalue weighted by Gasteiger charge is -2.12. The Morgan fingerprint density at radius 2 is 2.19 bits per heavy atom. The third-order valence-electron chi connectivity index (χ3n) is 4.31. The van der Waals surface area contributed by atoms with Crippen molar-refractivity contribution in [1.29, 1.82) is 0 Å². The van der Waals surface area contributed by atoms with Crippen molar-refractivity contribution in [3.63, 3.8) is 0 Å². The molecule has 0 spiro atoms. The molecule has 0 bridgehead atoms. The van der Waals surface area contributed by atoms with Gasteiger partial charge in [-0.3, -0.25) is 4.79 Å². The van der Waals surface area contributed by atoms with E-state index >= 15 is 0 Å². The van der Waals surface area contributed by atoms with Crippen LogP contribution in [0.2, 0.25) is 0 Å². The Morgan fingerprint density at radius 1 is 1.31 bits per heavy atom. The molecule has 0 aromatic carbocycles. The van der Waals surface area contributed by atoms with Gasteiger partial charge in [0, 0.05) is 18.9 Å². The molecular weight excluding hydrogens is 200 g/mol. The standard InChI is InChI=1S/C14H24O2/c1-2-11-5-6-12(10-11)14(15)8-7-13-4-3-9-16-13/h11-13H,2-10H2,1H3. The molecule has 1 aliphatic carbocycles. The number of hydrogen-bond acceptors (Lipinski definition) is 2. The molecule has 0 amide bonds. The highest BCUT2D eigenvalue weighted by atomic mass is 16.5. The molecule has 1 saturated heterocycles. The van der Waals surface area contributed by atoms with E-state index in [1.54, 1.807) is 0 Å². The molecule has 2 heteroatoms. The lowest BCUT2D eigenvalue weighted by atomic mass is 9.95. The van der Waals surface area contributed by atoms with Gasteiger partial charge < -0.3 is 4.74 Å². The summed E-state index contributed by atoms with van der Waals surface area (Å²) < 4.78 is 5.56. The number of rotatable bonds is 5. The molecule has 0 aromatic heterocycles. The molecule has 16 heavy (non-hydrogen) atoms. The quantitative estimate of drug-likeness (QED) is 0.716. The molecule has 1 saturated carbocycles. The number of ketones is 1. The summed E-state index contributed by atoms with van der Waals surface area (Å²) in [5.41, 5.74) is 0. The first-order chi connectivity index (χ1) is 7.79. The summed E-state index contributed by atoms with van der Waals surface area (Å²) in [5.74, 6) is 1.70. The second kappa shape index (κ2) is 5.81. The fourth-order valence-electron chi connectivity index (χ4n) is 3.12. The molecule has 3 unspecified atom stereocenters. The van der Waals surface area contributed by atoms with Crippen molar-refractivity contribution in [2.75, 3.05) is 6.61 Å². The summed E-state index contributed by atoms with van der Waals surface area (Å²) in [6.45, 7) is 3.14. The molecule has 2 nitrogen and oxygen atoms in total. The maximum atomic E-state index is 12.0. The molecule has 0 N–H and O–H groups in total. The highest BCUT2D eigenvalue weighted by molar-refractivity contribution is 5.81. The van der Waals surface area contributed by atoms with E-state index in [1.807, 2.05) is 0 Å². The van der Waals surface area contributed by atoms with E-state index in [1.165, 1.54) is 19.3 Å². The average molecular weight is 224 g/mol. The maximum absolute atomic E-state index is 12.0. The zero-order valence-electron chi connectivity index (χ0n) is 10.4. The fraction of sp³-hybridized carbons (Fsp3) is 0.929. The number of carbonyl (C=O) groups excluding carboxylic acids is 1. The minimum absolute atomic E-state index is 0.381. The van der Waals surface area contributed by atoms with Crippen molar-refractivity contribution in [2.24, 2.45) is 11.8 Å². The molecule has 92 valence electrons. The van der Waals surface area contributed by atoms with Gasteiger partial charge in [0.25, 0.3) is 0 Å². The van der Waals surface area contributed by atoms with E-state index < -0.39 is 0 Å². The van der Waals surface area contributed by atoms with Crippen LogP contribution in [0.4, 0.5) is 0 Å². The SMILES string of the molecule is CCC1CCC(C(=O)CCC2CCCO2)C1. The minimum Gasteiger partial charge on any atom is -0.378 e. The monoisotopic (exact) mass is 224 g/mol. The summed E-state index contributed by atoms with van der Waals surface area (Å²) in [4.78, 5) is 12.0. The van der Waals surface area contributed by atoms with E-state index in [0.29, 0.717) is 17.8 Å². The zero-order valence-corrected chi connectivity index (χ0v) is 10.4. The van der Waals surface area contributed by atoms with Crippen LogP contribution in [0.15, 0.2) is 0 Å². The van der Waals surface area contributed by atoms with Crippen LogP contribution in [-0.4, -0.2) is 18.5 Å². The Labute approximate surface area is 98.7 Å². The topological polar surface area (TPSA) is 26.3 Å². The third kappa shape index (κ3) is 3.07. The number of hydrogen-bond donors (Lipinski definition) is 0. The molecular formula is C14H24O2. The summed E-state index contributed by atoms with van der Waals surface area (Å²) in [6.07, 6.45) is 9.26. The highest BCUT2D eigenvalue weighted by Crippen LogP contribution is 2.34. The van der Waals surface area contributed by atoms with E-state index in [0.717, 1.165) is 44.6 Å². The van der Waals surface area contributed by atoms with Gasteiger partial charge >= 0.3 is 0 Å². The summed E-state index contributed by atoms with van der Waals surface area (Å²) in [5, 5.41) is 0. The highest BCUT2D eigenvalue weighted by Gasteiger charge is 2.29. The van der Waals surface area contributed by atoms with Crippen LogP contribution < -0.4 is 0 Å². The van der Waals surface area contributed by atoms with E-state index in [2.05, 4.69) is 6.92 Å². The molecule has 2 fully saturated rings. The number of ether oxygens (including phenoxy) is 1. The summed E-state index contributed by atoms with van der Waals surface area (Å²) in [7, 11) is 0. The van der Waals surface area contributed by atoms with Crippen LogP contribution in [0, 0.1) is 11.8 Å². The normalized spacial score (nSPS) is 34.4. The fourth-order valence-corrected chi connectivity index (χ4v) is 3.12. The molecule has 3 atom stereocenters. The largest absolute Gasteiger partial charge is 0.378 e. The molecule has 2 aliphatic rings. The van der Waals surface area contributed by atoms with Gasteiger partial charge in [0.15, 0.2) is 0 Å². The second-order valence-corrected chi connectivity index (χ2v) is 5.42. The van der Waals surface area contributed by atoms with E-state index in [-0.39, 0.29) is 0 Å². The van der Waals surface area contributed by atoms with Gasteiger partial charge in [-0.05, 0) is 44.4 Å². The molecule has 0 radical (unpaired) electrons. The van der Waals surface area contributed by atoms with Crippen molar-refractivity contribution in [3.05, 3.63) is 0 Å². The minimum atomic E-state index is 0.381. The van der Waals surface area contributed by atoms with Crippen LogP contribution in [-0.2, 0) is 9.53 Å². The summed E-state index contributed by atoms with van der Waals surface area (Å²) in [6, 6.07) is 0. The Balaban J connectivity index is 1.67. The third-order valence-corrected chi connectivity index (χ3v) is 4.31. The van der Waals surface area contributed by atoms with Gasteiger partial charge in [-0.2, -0.15) is 0 Å². The lowest BCUT2D eigenvalue weighted by Crippen LogP contribution is -2.15. The second-order valence-electron chi connectivity index (χ2n) is 5.42. The van der Waals surface area contributed by atoms with Crippen LogP contribution in [0.1, 0.15) is 58.3 Å². The zero-order chi connectivity index (χ0) is 11.4. The van der Waals surface area contributed by atoms with Gasteiger partial charge in [-0.1, -0.05) is 13.3 Å². The van der Waals surface area contributed by atoms with Crippen molar-refractivity contribution in [2.45, 2.75) is 64.4 Å². The van der Waals surface area contributed by atoms with Gasteiger partial charge in [0.05, 0.1) is 6.10 Å². The smallest absolute Gasteiger partial charge is 0.136 e. The van der Waals surface area contributed by atoms with Crippen LogP contribution in [0.25, 0.3) is 0 Å². The predicted octanol–water partition coefficient (Wildman–Crippen LogP) is 3.34. The summed E-state index contributed by atoms with van der Waals surface area (Å²) >= 11 is 0. The van der Waals surface area contributed by atoms with Gasteiger partial charge in [0.1, 0.15) is 5.78 Å². The first-order valence-electron chi connectivity index (χ1n) is 6.94. The Hall–Kier alpha value is -0.370. The van der Waals surface area contributed by atoms with Crippen molar-refractivity contribution in [3.8, 4) is 0 Å².